The molecule has 0 saturated carbocycles. The number of nitrogens with two attached hydrogens (primary N) is 1. The van der Waals surface area contributed by atoms with Gasteiger partial charge >= 0.3 is 0 Å². The first kappa shape index (κ1) is 18.2. The van der Waals surface area contributed by atoms with Crippen LogP contribution in [0.1, 0.15) is 42.1 Å². The zero-order valence-corrected chi connectivity index (χ0v) is 14.4. The van der Waals surface area contributed by atoms with Crippen LogP contribution in [0, 0.1) is 5.82 Å². The van der Waals surface area contributed by atoms with E-state index in [4.69, 9.17) is 5.73 Å². The van der Waals surface area contributed by atoms with Crippen LogP contribution in [0.2, 0.25) is 0 Å². The van der Waals surface area contributed by atoms with Crippen molar-refractivity contribution in [1.82, 2.24) is 5.32 Å². The van der Waals surface area contributed by atoms with Gasteiger partial charge in [0, 0.05) is 11.2 Å². The lowest BCUT2D eigenvalue weighted by Crippen LogP contribution is -2.28. The molecule has 0 radical (unpaired) electrons. The minimum absolute atomic E-state index is 0. The zero-order valence-electron chi connectivity index (χ0n) is 13.5. The molecular formula is C19H20ClFN2O. The summed E-state index contributed by atoms with van der Waals surface area (Å²) >= 11 is 0. The van der Waals surface area contributed by atoms with Crippen LogP contribution in [0.5, 0.6) is 0 Å². The smallest absolute Gasteiger partial charge is 0.146 e. The fraction of sp³-hybridized carbons (Fsp3) is 0.211. The molecule has 3 rings (SSSR count). The molecule has 0 aromatic heterocycles. The summed E-state index contributed by atoms with van der Waals surface area (Å²) in [5, 5.41) is 3.16. The highest BCUT2D eigenvalue weighted by Crippen LogP contribution is 2.30. The van der Waals surface area contributed by atoms with E-state index in [1.165, 1.54) is 12.1 Å². The van der Waals surface area contributed by atoms with Gasteiger partial charge in [-0.25, -0.2) is 4.39 Å². The minimum Gasteiger partial charge on any atom is -0.371 e. The Morgan fingerprint density at radius 3 is 2.42 bits per heavy atom. The van der Waals surface area contributed by atoms with Crippen molar-refractivity contribution in [2.75, 3.05) is 0 Å². The highest BCUT2D eigenvalue weighted by atomic mass is 35.5. The molecule has 1 unspecified atom stereocenters. The van der Waals surface area contributed by atoms with Gasteiger partial charge in [0.2, 0.25) is 0 Å². The minimum atomic E-state index is -0.550. The van der Waals surface area contributed by atoms with E-state index in [-0.39, 0.29) is 18.2 Å². The normalized spacial score (nSPS) is 16.3. The number of nitrogens with one attached hydrogen (secondary N) is 1. The Morgan fingerprint density at radius 1 is 1.17 bits per heavy atom. The molecule has 0 bridgehead atoms. The standard InChI is InChI=1S/C19H19FN2O.ClH/c1-19(2,21)14-6-3-12(4-7-14)17-9-13-5-8-15(20)10-16(13)18(11-23)22-17;/h3-11,18,22H,21H2,1-2H3;1H. The van der Waals surface area contributed by atoms with Gasteiger partial charge in [-0.3, -0.25) is 0 Å². The molecule has 1 atom stereocenters. The largest absolute Gasteiger partial charge is 0.371 e. The van der Waals surface area contributed by atoms with Crippen LogP contribution in [-0.4, -0.2) is 6.29 Å². The molecule has 3 N–H and O–H groups in total. The third-order valence-electron chi connectivity index (χ3n) is 4.07. The molecule has 0 aliphatic carbocycles. The molecule has 2 aromatic carbocycles. The Hall–Kier alpha value is -2.17. The number of aldehydes is 1. The summed E-state index contributed by atoms with van der Waals surface area (Å²) in [5.74, 6) is -0.344. The molecule has 0 saturated heterocycles. The Bertz CT molecular complexity index is 779. The van der Waals surface area contributed by atoms with E-state index in [1.54, 1.807) is 6.07 Å². The fourth-order valence-electron chi connectivity index (χ4n) is 2.74. The lowest BCUT2D eigenvalue weighted by atomic mass is 9.92. The number of hydrogen-bond donors (Lipinski definition) is 2. The lowest BCUT2D eigenvalue weighted by molar-refractivity contribution is -0.109. The third kappa shape index (κ3) is 3.50. The van der Waals surface area contributed by atoms with Crippen LogP contribution in [-0.2, 0) is 10.3 Å². The molecule has 1 heterocycles. The van der Waals surface area contributed by atoms with Crippen LogP contribution >= 0.6 is 12.4 Å². The average molecular weight is 347 g/mol. The van der Waals surface area contributed by atoms with Gasteiger partial charge in [0.05, 0.1) is 0 Å². The predicted octanol–water partition coefficient (Wildman–Crippen LogP) is 3.78. The lowest BCUT2D eigenvalue weighted by Gasteiger charge is -2.25. The number of halogens is 2. The van der Waals surface area contributed by atoms with Crippen LogP contribution in [0.4, 0.5) is 4.39 Å². The molecule has 1 aliphatic heterocycles. The summed E-state index contributed by atoms with van der Waals surface area (Å²) in [6.45, 7) is 3.90. The van der Waals surface area contributed by atoms with Crippen LogP contribution in [0.15, 0.2) is 42.5 Å². The van der Waals surface area contributed by atoms with Crippen molar-refractivity contribution in [2.45, 2.75) is 25.4 Å². The van der Waals surface area contributed by atoms with Gasteiger partial charge in [0.1, 0.15) is 18.1 Å². The molecule has 24 heavy (non-hydrogen) atoms. The molecule has 0 fully saturated rings. The average Bonchev–Trinajstić information content (AvgIpc) is 2.53. The Morgan fingerprint density at radius 2 is 1.83 bits per heavy atom. The molecule has 1 aliphatic rings. The number of hydrogen-bond acceptors (Lipinski definition) is 3. The van der Waals surface area contributed by atoms with E-state index >= 15 is 0 Å². The quantitative estimate of drug-likeness (QED) is 0.831. The Labute approximate surface area is 147 Å². The van der Waals surface area contributed by atoms with Gasteiger partial charge in [0.15, 0.2) is 0 Å². The van der Waals surface area contributed by atoms with E-state index in [2.05, 4.69) is 5.32 Å². The number of rotatable bonds is 3. The van der Waals surface area contributed by atoms with Crippen LogP contribution < -0.4 is 11.1 Å². The number of carbonyl (C=O) groups is 1. The monoisotopic (exact) mass is 346 g/mol. The first-order valence-corrected chi connectivity index (χ1v) is 7.51. The van der Waals surface area contributed by atoms with Gasteiger partial charge in [-0.05, 0) is 54.3 Å². The molecule has 0 amide bonds. The van der Waals surface area contributed by atoms with E-state index in [1.807, 2.05) is 44.2 Å². The van der Waals surface area contributed by atoms with Crippen molar-refractivity contribution in [3.05, 3.63) is 70.5 Å². The molecule has 0 spiro atoms. The predicted molar refractivity (Wildman–Crippen MR) is 97.1 cm³/mol. The summed E-state index contributed by atoms with van der Waals surface area (Å²) in [6, 6.07) is 11.8. The molecule has 126 valence electrons. The van der Waals surface area contributed by atoms with E-state index < -0.39 is 11.6 Å². The summed E-state index contributed by atoms with van der Waals surface area (Å²) in [4.78, 5) is 11.4. The highest BCUT2D eigenvalue weighted by Gasteiger charge is 2.21. The van der Waals surface area contributed by atoms with Gasteiger partial charge in [-0.1, -0.05) is 30.3 Å². The molecule has 2 aromatic rings. The van der Waals surface area contributed by atoms with E-state index in [0.29, 0.717) is 5.56 Å². The SMILES string of the molecule is CC(C)(N)c1ccc(C2=Cc3ccc(F)cc3C(C=O)N2)cc1.Cl. The first-order chi connectivity index (χ1) is 10.9. The van der Waals surface area contributed by atoms with Crippen molar-refractivity contribution >= 4 is 30.5 Å². The van der Waals surface area contributed by atoms with Gasteiger partial charge < -0.3 is 15.8 Å². The summed E-state index contributed by atoms with van der Waals surface area (Å²) < 4.78 is 13.4. The third-order valence-corrected chi connectivity index (χ3v) is 4.07. The van der Waals surface area contributed by atoms with Crippen molar-refractivity contribution < 1.29 is 9.18 Å². The van der Waals surface area contributed by atoms with Crippen molar-refractivity contribution in [3.63, 3.8) is 0 Å². The molecular weight excluding hydrogens is 327 g/mol. The highest BCUT2D eigenvalue weighted by molar-refractivity contribution is 5.87. The summed E-state index contributed by atoms with van der Waals surface area (Å²) in [6.07, 6.45) is 2.72. The summed E-state index contributed by atoms with van der Waals surface area (Å²) in [7, 11) is 0. The Balaban J connectivity index is 0.00000208. The van der Waals surface area contributed by atoms with E-state index in [9.17, 15) is 9.18 Å². The van der Waals surface area contributed by atoms with Gasteiger partial charge in [0.25, 0.3) is 0 Å². The summed E-state index contributed by atoms with van der Waals surface area (Å²) in [5.41, 5.74) is 10.0. The fourth-order valence-corrected chi connectivity index (χ4v) is 2.74. The maximum atomic E-state index is 13.4. The zero-order chi connectivity index (χ0) is 16.6. The van der Waals surface area contributed by atoms with Gasteiger partial charge in [-0.15, -0.1) is 12.4 Å². The van der Waals surface area contributed by atoms with Crippen molar-refractivity contribution in [1.29, 1.82) is 0 Å². The van der Waals surface area contributed by atoms with Crippen molar-refractivity contribution in [2.24, 2.45) is 5.73 Å². The van der Waals surface area contributed by atoms with Crippen LogP contribution in [0.3, 0.4) is 0 Å². The van der Waals surface area contributed by atoms with Crippen LogP contribution in [0.25, 0.3) is 11.8 Å². The second kappa shape index (κ2) is 6.75. The topological polar surface area (TPSA) is 55.1 Å². The maximum Gasteiger partial charge on any atom is 0.146 e. The number of benzene rings is 2. The maximum absolute atomic E-state index is 13.4. The van der Waals surface area contributed by atoms with Gasteiger partial charge in [-0.2, -0.15) is 0 Å². The Kier molecular flexibility index (Phi) is 5.11. The van der Waals surface area contributed by atoms with E-state index in [0.717, 1.165) is 28.7 Å². The molecule has 3 nitrogen and oxygen atoms in total. The molecule has 5 heteroatoms. The second-order valence-electron chi connectivity index (χ2n) is 6.39. The van der Waals surface area contributed by atoms with Crippen molar-refractivity contribution in [3.8, 4) is 0 Å². The number of fused-ring (bicyclic) bond motifs is 1. The number of carbonyl (C=O) groups excluding carboxylic acids is 1. The second-order valence-corrected chi connectivity index (χ2v) is 6.39. The first-order valence-electron chi connectivity index (χ1n) is 7.51.